The molecule has 0 aliphatic carbocycles. The fourth-order valence-corrected chi connectivity index (χ4v) is 4.57. The lowest BCUT2D eigenvalue weighted by atomic mass is 9.96. The molecule has 39 heavy (non-hydrogen) atoms. The maximum absolute atomic E-state index is 13.2. The van der Waals surface area contributed by atoms with Crippen molar-refractivity contribution in [3.05, 3.63) is 0 Å². The van der Waals surface area contributed by atoms with Crippen molar-refractivity contribution < 1.29 is 28.8 Å². The third-order valence-electron chi connectivity index (χ3n) is 6.95. The highest BCUT2D eigenvalue weighted by Gasteiger charge is 2.38. The summed E-state index contributed by atoms with van der Waals surface area (Å²) in [6.45, 7) is 12.5. The maximum Gasteiger partial charge on any atom is 0.246 e. The van der Waals surface area contributed by atoms with Crippen LogP contribution in [0.2, 0.25) is 0 Å². The number of carbonyl (C=O) groups is 6. The van der Waals surface area contributed by atoms with E-state index in [1.807, 2.05) is 27.7 Å². The van der Waals surface area contributed by atoms with Gasteiger partial charge in [0.15, 0.2) is 0 Å². The lowest BCUT2D eigenvalue weighted by Crippen LogP contribution is -2.58. The minimum absolute atomic E-state index is 0.135. The molecule has 0 aromatic rings. The Balaban J connectivity index is 2.87. The summed E-state index contributed by atoms with van der Waals surface area (Å²) >= 11 is 0. The molecule has 12 nitrogen and oxygen atoms in total. The summed E-state index contributed by atoms with van der Waals surface area (Å²) in [5.41, 5.74) is 0. The van der Waals surface area contributed by atoms with Crippen molar-refractivity contribution in [2.45, 2.75) is 98.3 Å². The highest BCUT2D eigenvalue weighted by molar-refractivity contribution is 5.95. The van der Waals surface area contributed by atoms with Crippen LogP contribution < -0.4 is 26.6 Å². The highest BCUT2D eigenvalue weighted by Crippen LogP contribution is 2.20. The van der Waals surface area contributed by atoms with Gasteiger partial charge >= 0.3 is 0 Å². The van der Waals surface area contributed by atoms with Crippen molar-refractivity contribution in [2.24, 2.45) is 17.8 Å². The third-order valence-corrected chi connectivity index (χ3v) is 6.95. The molecule has 1 rings (SSSR count). The molecule has 12 heteroatoms. The molecule has 1 aliphatic rings. The molecule has 0 aromatic heterocycles. The molecular weight excluding hydrogens is 504 g/mol. The lowest BCUT2D eigenvalue weighted by Gasteiger charge is -2.30. The molecular formula is C27H48N6O6. The third kappa shape index (κ3) is 10.5. The van der Waals surface area contributed by atoms with E-state index in [0.29, 0.717) is 32.2 Å². The first-order valence-electron chi connectivity index (χ1n) is 13.9. The van der Waals surface area contributed by atoms with Crippen LogP contribution in [0.15, 0.2) is 0 Å². The van der Waals surface area contributed by atoms with Gasteiger partial charge in [-0.2, -0.15) is 0 Å². The zero-order chi connectivity index (χ0) is 29.9. The quantitative estimate of drug-likeness (QED) is 0.204. The molecule has 6 amide bonds. The van der Waals surface area contributed by atoms with E-state index in [4.69, 9.17) is 0 Å². The number of hydrogen-bond acceptors (Lipinski definition) is 6. The lowest BCUT2D eigenvalue weighted by molar-refractivity contribution is -0.142. The van der Waals surface area contributed by atoms with Crippen molar-refractivity contribution >= 4 is 35.4 Å². The Bertz CT molecular complexity index is 892. The van der Waals surface area contributed by atoms with Gasteiger partial charge in [-0.1, -0.05) is 48.0 Å². The Morgan fingerprint density at radius 3 is 2.05 bits per heavy atom. The fraction of sp³-hybridized carbons (Fsp3) is 0.778. The Morgan fingerprint density at radius 2 is 1.54 bits per heavy atom. The van der Waals surface area contributed by atoms with Gasteiger partial charge in [-0.3, -0.25) is 28.8 Å². The first kappa shape index (κ1) is 33.8. The van der Waals surface area contributed by atoms with Gasteiger partial charge < -0.3 is 31.5 Å². The van der Waals surface area contributed by atoms with E-state index in [2.05, 4.69) is 26.6 Å². The molecule has 0 radical (unpaired) electrons. The average Bonchev–Trinajstić information content (AvgIpc) is 3.36. The monoisotopic (exact) mass is 552 g/mol. The standard InChI is InChI=1S/C27H48N6O6/c1-9-17(6)23(32-24(36)19(13-15(2)3)30-18(7)34)26(38)29-14-21(35)31-22(16(4)5)27(39)33-12-10-11-20(33)25(37)28-8/h15-17,19-20,22-23H,9-14H2,1-8H3,(H,28,37)(H,29,38)(H,30,34)(H,31,35)(H,32,36). The summed E-state index contributed by atoms with van der Waals surface area (Å²) in [4.78, 5) is 77.3. The summed E-state index contributed by atoms with van der Waals surface area (Å²) in [6.07, 6.45) is 2.25. The number of hydrogen-bond donors (Lipinski definition) is 5. The van der Waals surface area contributed by atoms with Crippen molar-refractivity contribution in [2.75, 3.05) is 20.1 Å². The second kappa shape index (κ2) is 16.0. The first-order valence-corrected chi connectivity index (χ1v) is 13.9. The van der Waals surface area contributed by atoms with Gasteiger partial charge in [0.25, 0.3) is 0 Å². The summed E-state index contributed by atoms with van der Waals surface area (Å²) in [5.74, 6) is -2.84. The molecule has 1 aliphatic heterocycles. The minimum Gasteiger partial charge on any atom is -0.357 e. The normalized spacial score (nSPS) is 18.1. The van der Waals surface area contributed by atoms with Crippen molar-refractivity contribution in [3.63, 3.8) is 0 Å². The van der Waals surface area contributed by atoms with Crippen LogP contribution in [0.4, 0.5) is 0 Å². The van der Waals surface area contributed by atoms with Crippen LogP contribution in [-0.2, 0) is 28.8 Å². The predicted octanol–water partition coefficient (Wildman–Crippen LogP) is 0.0621. The molecule has 0 bridgehead atoms. The molecule has 1 fully saturated rings. The van der Waals surface area contributed by atoms with Crippen LogP contribution >= 0.6 is 0 Å². The Labute approximate surface area is 232 Å². The average molecular weight is 553 g/mol. The molecule has 1 heterocycles. The van der Waals surface area contributed by atoms with Gasteiger partial charge in [0.2, 0.25) is 35.4 Å². The minimum atomic E-state index is -0.917. The molecule has 5 N–H and O–H groups in total. The molecule has 5 unspecified atom stereocenters. The number of nitrogens with zero attached hydrogens (tertiary/aromatic N) is 1. The maximum atomic E-state index is 13.2. The van der Waals surface area contributed by atoms with Gasteiger partial charge in [-0.15, -0.1) is 0 Å². The highest BCUT2D eigenvalue weighted by atomic mass is 16.2. The smallest absolute Gasteiger partial charge is 0.246 e. The summed E-state index contributed by atoms with van der Waals surface area (Å²) < 4.78 is 0. The van der Waals surface area contributed by atoms with E-state index in [9.17, 15) is 28.8 Å². The van der Waals surface area contributed by atoms with E-state index in [-0.39, 0.29) is 35.5 Å². The van der Waals surface area contributed by atoms with Gasteiger partial charge in [-0.05, 0) is 37.0 Å². The van der Waals surface area contributed by atoms with Crippen molar-refractivity contribution in [1.82, 2.24) is 31.5 Å². The van der Waals surface area contributed by atoms with Crippen LogP contribution in [0.1, 0.15) is 74.1 Å². The summed E-state index contributed by atoms with van der Waals surface area (Å²) in [6, 6.07) is -3.14. The number of carbonyl (C=O) groups excluding carboxylic acids is 6. The number of nitrogens with one attached hydrogen (secondary N) is 5. The molecule has 0 aromatic carbocycles. The van der Waals surface area contributed by atoms with E-state index >= 15 is 0 Å². The largest absolute Gasteiger partial charge is 0.357 e. The van der Waals surface area contributed by atoms with Gasteiger partial charge in [0, 0.05) is 20.5 Å². The number of likely N-dealkylation sites (tertiary alicyclic amines) is 1. The van der Waals surface area contributed by atoms with Crippen molar-refractivity contribution in [1.29, 1.82) is 0 Å². The second-order valence-corrected chi connectivity index (χ2v) is 11.1. The SMILES string of the molecule is CCC(C)C(NC(=O)C(CC(C)C)NC(C)=O)C(=O)NCC(=O)NC(C(=O)N1CCCC1C(=O)NC)C(C)C. The Hall–Kier alpha value is -3.18. The molecule has 1 saturated heterocycles. The Kier molecular flexibility index (Phi) is 13.9. The number of rotatable bonds is 14. The first-order chi connectivity index (χ1) is 18.2. The van der Waals surface area contributed by atoms with E-state index in [1.165, 1.54) is 18.9 Å². The summed E-state index contributed by atoms with van der Waals surface area (Å²) in [5, 5.41) is 13.2. The van der Waals surface area contributed by atoms with E-state index < -0.39 is 48.4 Å². The van der Waals surface area contributed by atoms with Crippen LogP contribution in [0.5, 0.6) is 0 Å². The Morgan fingerprint density at radius 1 is 0.897 bits per heavy atom. The van der Waals surface area contributed by atoms with Crippen molar-refractivity contribution in [3.8, 4) is 0 Å². The van der Waals surface area contributed by atoms with Crippen LogP contribution in [0.3, 0.4) is 0 Å². The zero-order valence-electron chi connectivity index (χ0n) is 24.7. The van der Waals surface area contributed by atoms with Gasteiger partial charge in [-0.25, -0.2) is 0 Å². The van der Waals surface area contributed by atoms with Crippen LogP contribution in [0.25, 0.3) is 0 Å². The summed E-state index contributed by atoms with van der Waals surface area (Å²) in [7, 11) is 1.52. The fourth-order valence-electron chi connectivity index (χ4n) is 4.57. The van der Waals surface area contributed by atoms with Gasteiger partial charge in [0.1, 0.15) is 24.2 Å². The van der Waals surface area contributed by atoms with Crippen LogP contribution in [0, 0.1) is 17.8 Å². The number of amides is 6. The topological polar surface area (TPSA) is 166 Å². The predicted molar refractivity (Wildman–Crippen MR) is 147 cm³/mol. The second-order valence-electron chi connectivity index (χ2n) is 11.1. The number of likely N-dealkylation sites (N-methyl/N-ethyl adjacent to an activating group) is 1. The zero-order valence-corrected chi connectivity index (χ0v) is 24.7. The van der Waals surface area contributed by atoms with Gasteiger partial charge in [0.05, 0.1) is 6.54 Å². The van der Waals surface area contributed by atoms with Crippen LogP contribution in [-0.4, -0.2) is 84.6 Å². The van der Waals surface area contributed by atoms with E-state index in [1.54, 1.807) is 13.8 Å². The molecule has 0 spiro atoms. The molecule has 5 atom stereocenters. The van der Waals surface area contributed by atoms with E-state index in [0.717, 1.165) is 0 Å². The molecule has 0 saturated carbocycles. The molecule has 222 valence electrons.